The summed E-state index contributed by atoms with van der Waals surface area (Å²) in [5.74, 6) is 0. The molecule has 0 aromatic rings. The second-order valence-corrected chi connectivity index (χ2v) is 6.41. The SMILES string of the molecule is CC1(I)CCN(CCC(F)(F)F)C1. The second-order valence-electron chi connectivity index (χ2n) is 3.80. The van der Waals surface area contributed by atoms with E-state index in [0.717, 1.165) is 19.5 Å². The number of halogens is 4. The van der Waals surface area contributed by atoms with Gasteiger partial charge in [0.1, 0.15) is 0 Å². The lowest BCUT2D eigenvalue weighted by Crippen LogP contribution is -2.28. The summed E-state index contributed by atoms with van der Waals surface area (Å²) in [5, 5.41) is 0. The van der Waals surface area contributed by atoms with Gasteiger partial charge in [-0.25, -0.2) is 0 Å². The Kier molecular flexibility index (Phi) is 3.49. The molecule has 0 N–H and O–H groups in total. The van der Waals surface area contributed by atoms with Gasteiger partial charge in [0.05, 0.1) is 6.42 Å². The van der Waals surface area contributed by atoms with Crippen LogP contribution in [-0.4, -0.2) is 34.1 Å². The highest BCUT2D eigenvalue weighted by Crippen LogP contribution is 2.31. The fourth-order valence-electron chi connectivity index (χ4n) is 1.49. The topological polar surface area (TPSA) is 3.24 Å². The van der Waals surface area contributed by atoms with Gasteiger partial charge in [-0.3, -0.25) is 0 Å². The molecule has 1 nitrogen and oxygen atoms in total. The van der Waals surface area contributed by atoms with Crippen molar-refractivity contribution < 1.29 is 13.2 Å². The Morgan fingerprint density at radius 2 is 2.08 bits per heavy atom. The highest BCUT2D eigenvalue weighted by molar-refractivity contribution is 14.1. The highest BCUT2D eigenvalue weighted by atomic mass is 127. The Bertz CT molecular complexity index is 179. The van der Waals surface area contributed by atoms with E-state index in [1.54, 1.807) is 0 Å². The quantitative estimate of drug-likeness (QED) is 0.560. The predicted molar refractivity (Wildman–Crippen MR) is 54.2 cm³/mol. The maximum atomic E-state index is 11.9. The third-order valence-corrected chi connectivity index (χ3v) is 3.09. The summed E-state index contributed by atoms with van der Waals surface area (Å²) in [6.45, 7) is 3.82. The van der Waals surface area contributed by atoms with Crippen molar-refractivity contribution in [2.45, 2.75) is 29.4 Å². The van der Waals surface area contributed by atoms with Crippen molar-refractivity contribution in [1.29, 1.82) is 0 Å². The molecule has 0 aliphatic carbocycles. The Hall–Kier alpha value is 0.480. The summed E-state index contributed by atoms with van der Waals surface area (Å²) in [4.78, 5) is 1.89. The molecule has 5 heteroatoms. The minimum Gasteiger partial charge on any atom is -0.302 e. The summed E-state index contributed by atoms with van der Waals surface area (Å²) < 4.78 is 35.8. The van der Waals surface area contributed by atoms with Gasteiger partial charge in [-0.05, 0) is 19.9 Å². The Morgan fingerprint density at radius 1 is 1.46 bits per heavy atom. The first-order valence-electron chi connectivity index (χ1n) is 4.27. The molecule has 78 valence electrons. The highest BCUT2D eigenvalue weighted by Gasteiger charge is 2.34. The molecular formula is C8H13F3IN. The van der Waals surface area contributed by atoms with Crippen LogP contribution in [0.15, 0.2) is 0 Å². The van der Waals surface area contributed by atoms with Crippen molar-refractivity contribution in [3.63, 3.8) is 0 Å². The largest absolute Gasteiger partial charge is 0.390 e. The van der Waals surface area contributed by atoms with Gasteiger partial charge in [-0.15, -0.1) is 0 Å². The van der Waals surface area contributed by atoms with Crippen LogP contribution < -0.4 is 0 Å². The Morgan fingerprint density at radius 3 is 2.46 bits per heavy atom. The van der Waals surface area contributed by atoms with Crippen LogP contribution in [0.25, 0.3) is 0 Å². The van der Waals surface area contributed by atoms with Gasteiger partial charge in [-0.2, -0.15) is 13.2 Å². The molecule has 13 heavy (non-hydrogen) atoms. The monoisotopic (exact) mass is 307 g/mol. The lowest BCUT2D eigenvalue weighted by molar-refractivity contribution is -0.137. The fourth-order valence-corrected chi connectivity index (χ4v) is 2.21. The molecule has 0 spiro atoms. The summed E-state index contributed by atoms with van der Waals surface area (Å²) in [6.07, 6.45) is -3.70. The Labute approximate surface area is 89.8 Å². The summed E-state index contributed by atoms with van der Waals surface area (Å²) >= 11 is 2.32. The number of nitrogens with zero attached hydrogens (tertiary/aromatic N) is 1. The predicted octanol–water partition coefficient (Wildman–Crippen LogP) is 2.84. The van der Waals surface area contributed by atoms with Crippen molar-refractivity contribution in [2.75, 3.05) is 19.6 Å². The van der Waals surface area contributed by atoms with Gasteiger partial charge >= 0.3 is 6.18 Å². The molecule has 1 rings (SSSR count). The number of alkyl halides is 4. The smallest absolute Gasteiger partial charge is 0.302 e. The summed E-state index contributed by atoms with van der Waals surface area (Å²) in [6, 6.07) is 0. The van der Waals surface area contributed by atoms with Crippen molar-refractivity contribution in [2.24, 2.45) is 0 Å². The van der Waals surface area contributed by atoms with E-state index in [9.17, 15) is 13.2 Å². The zero-order valence-electron chi connectivity index (χ0n) is 7.49. The maximum absolute atomic E-state index is 11.9. The van der Waals surface area contributed by atoms with Crippen LogP contribution in [0.3, 0.4) is 0 Å². The van der Waals surface area contributed by atoms with Gasteiger partial charge in [0.25, 0.3) is 0 Å². The van der Waals surface area contributed by atoms with E-state index in [1.165, 1.54) is 0 Å². The zero-order chi connectivity index (χ0) is 10.1. The molecule has 1 aliphatic heterocycles. The van der Waals surface area contributed by atoms with Crippen LogP contribution in [0.5, 0.6) is 0 Å². The van der Waals surface area contributed by atoms with Crippen LogP contribution in [0, 0.1) is 0 Å². The van der Waals surface area contributed by atoms with Gasteiger partial charge in [0, 0.05) is 16.5 Å². The van der Waals surface area contributed by atoms with Gasteiger partial charge < -0.3 is 4.90 Å². The molecule has 1 fully saturated rings. The standard InChI is InChI=1S/C8H13F3IN/c1-7(12)2-4-13(6-7)5-3-8(9,10)11/h2-6H2,1H3. The molecule has 0 aromatic heterocycles. The van der Waals surface area contributed by atoms with E-state index in [-0.39, 0.29) is 9.97 Å². The van der Waals surface area contributed by atoms with Crippen LogP contribution >= 0.6 is 22.6 Å². The molecule has 0 saturated carbocycles. The van der Waals surface area contributed by atoms with E-state index in [0.29, 0.717) is 0 Å². The second kappa shape index (κ2) is 3.92. The van der Waals surface area contributed by atoms with Gasteiger partial charge in [0.15, 0.2) is 0 Å². The molecule has 1 aliphatic rings. The maximum Gasteiger partial charge on any atom is 0.390 e. The molecule has 1 heterocycles. The minimum absolute atomic E-state index is 0.155. The number of hydrogen-bond donors (Lipinski definition) is 0. The summed E-state index contributed by atoms with van der Waals surface area (Å²) in [5.41, 5.74) is 0. The van der Waals surface area contributed by atoms with Crippen LogP contribution in [0.2, 0.25) is 0 Å². The molecular weight excluding hydrogens is 294 g/mol. The average Bonchev–Trinajstić information content (AvgIpc) is 2.24. The number of likely N-dealkylation sites (tertiary alicyclic amines) is 1. The lowest BCUT2D eigenvalue weighted by Gasteiger charge is -2.18. The van der Waals surface area contributed by atoms with Gasteiger partial charge in [-0.1, -0.05) is 22.6 Å². The Balaban J connectivity index is 2.25. The molecule has 0 bridgehead atoms. The molecule has 0 radical (unpaired) electrons. The number of hydrogen-bond acceptors (Lipinski definition) is 1. The lowest BCUT2D eigenvalue weighted by atomic mass is 10.2. The van der Waals surface area contributed by atoms with Crippen molar-refractivity contribution in [3.05, 3.63) is 0 Å². The number of rotatable bonds is 2. The van der Waals surface area contributed by atoms with E-state index in [4.69, 9.17) is 0 Å². The first-order valence-corrected chi connectivity index (χ1v) is 5.34. The van der Waals surface area contributed by atoms with E-state index in [2.05, 4.69) is 29.5 Å². The van der Waals surface area contributed by atoms with Crippen LogP contribution in [0.1, 0.15) is 19.8 Å². The van der Waals surface area contributed by atoms with Crippen LogP contribution in [-0.2, 0) is 0 Å². The van der Waals surface area contributed by atoms with Crippen molar-refractivity contribution in [1.82, 2.24) is 4.90 Å². The van der Waals surface area contributed by atoms with Crippen molar-refractivity contribution >= 4 is 22.6 Å². The average molecular weight is 307 g/mol. The molecule has 0 aromatic carbocycles. The molecule has 1 saturated heterocycles. The zero-order valence-corrected chi connectivity index (χ0v) is 9.65. The summed E-state index contributed by atoms with van der Waals surface area (Å²) in [7, 11) is 0. The third-order valence-electron chi connectivity index (χ3n) is 2.21. The van der Waals surface area contributed by atoms with Gasteiger partial charge in [0.2, 0.25) is 0 Å². The molecule has 0 amide bonds. The molecule has 1 atom stereocenters. The first kappa shape index (κ1) is 11.6. The van der Waals surface area contributed by atoms with E-state index in [1.807, 2.05) is 4.90 Å². The third kappa shape index (κ3) is 4.49. The van der Waals surface area contributed by atoms with E-state index >= 15 is 0 Å². The molecule has 1 unspecified atom stereocenters. The van der Waals surface area contributed by atoms with Crippen molar-refractivity contribution in [3.8, 4) is 0 Å². The van der Waals surface area contributed by atoms with Crippen LogP contribution in [0.4, 0.5) is 13.2 Å². The normalized spacial score (nSPS) is 31.2. The fraction of sp³-hybridized carbons (Fsp3) is 1.00. The minimum atomic E-state index is -4.01. The van der Waals surface area contributed by atoms with E-state index < -0.39 is 12.6 Å². The first-order chi connectivity index (χ1) is 5.79.